The molecule has 0 heterocycles. The molecule has 2 nitrogen and oxygen atoms in total. The molecule has 2 aromatic carbocycles. The fraction of sp³-hybridized carbons (Fsp3) is 0.581. The monoisotopic (exact) mass is 552 g/mol. The van der Waals surface area contributed by atoms with Gasteiger partial charge in [-0.15, -0.1) is 0 Å². The molecule has 0 N–H and O–H groups in total. The molecule has 1 aliphatic carbocycles. The Morgan fingerprint density at radius 1 is 0.872 bits per heavy atom. The van der Waals surface area contributed by atoms with E-state index in [0.717, 1.165) is 38.3 Å². The van der Waals surface area contributed by atoms with Crippen LogP contribution in [0.1, 0.15) is 88.0 Å². The highest BCUT2D eigenvalue weighted by Crippen LogP contribution is 2.48. The van der Waals surface area contributed by atoms with E-state index in [1.54, 1.807) is 0 Å². The summed E-state index contributed by atoms with van der Waals surface area (Å²) in [6, 6.07) is 14.9. The summed E-state index contributed by atoms with van der Waals surface area (Å²) in [7, 11) is 0. The molecular weight excluding hydrogens is 514 g/mol. The largest absolute Gasteiger partial charge is 0.417 e. The van der Waals surface area contributed by atoms with Gasteiger partial charge in [0.25, 0.3) is 0 Å². The van der Waals surface area contributed by atoms with Crippen LogP contribution in [0, 0.1) is 17.2 Å². The predicted molar refractivity (Wildman–Crippen MR) is 141 cm³/mol. The van der Waals surface area contributed by atoms with Gasteiger partial charge in [0.2, 0.25) is 0 Å². The van der Waals surface area contributed by atoms with Crippen LogP contribution in [0.25, 0.3) is 0 Å². The predicted octanol–water partition coefficient (Wildman–Crippen LogP) is 9.19. The quantitative estimate of drug-likeness (QED) is 0.275. The zero-order valence-electron chi connectivity index (χ0n) is 22.9. The van der Waals surface area contributed by atoms with E-state index in [-0.39, 0.29) is 30.0 Å². The molecule has 1 saturated carbocycles. The minimum atomic E-state index is -5.19. The number of nitriles is 1. The van der Waals surface area contributed by atoms with Crippen molar-refractivity contribution in [3.05, 3.63) is 70.8 Å². The van der Waals surface area contributed by atoms with E-state index in [0.29, 0.717) is 31.4 Å². The van der Waals surface area contributed by atoms with Crippen molar-refractivity contribution in [1.29, 1.82) is 5.26 Å². The zero-order valence-corrected chi connectivity index (χ0v) is 22.9. The lowest BCUT2D eigenvalue weighted by Crippen LogP contribution is -2.42. The molecule has 0 amide bonds. The van der Waals surface area contributed by atoms with E-state index >= 15 is 0 Å². The Morgan fingerprint density at radius 2 is 1.49 bits per heavy atom. The maximum Gasteiger partial charge on any atom is 0.417 e. The SMILES string of the molecule is CC(C)N(CCc1ccccc1)C(C)CCC(C#N)(c1ccc(C(F)(F)F)c(C(F)(F)F)c1)C1CCCCC1. The van der Waals surface area contributed by atoms with Gasteiger partial charge in [0.05, 0.1) is 22.6 Å². The van der Waals surface area contributed by atoms with Gasteiger partial charge >= 0.3 is 12.4 Å². The fourth-order valence-corrected chi connectivity index (χ4v) is 6.19. The van der Waals surface area contributed by atoms with Crippen LogP contribution in [-0.2, 0) is 24.2 Å². The van der Waals surface area contributed by atoms with Crippen molar-refractivity contribution in [3.8, 4) is 6.07 Å². The van der Waals surface area contributed by atoms with Gasteiger partial charge in [-0.05, 0) is 82.1 Å². The number of rotatable bonds is 10. The van der Waals surface area contributed by atoms with Crippen LogP contribution in [0.4, 0.5) is 26.3 Å². The summed E-state index contributed by atoms with van der Waals surface area (Å²) in [5.74, 6) is -0.210. The molecule has 1 aliphatic rings. The Morgan fingerprint density at radius 3 is 2.03 bits per heavy atom. The third-order valence-corrected chi connectivity index (χ3v) is 8.33. The van der Waals surface area contributed by atoms with Crippen molar-refractivity contribution in [2.24, 2.45) is 5.92 Å². The third-order valence-electron chi connectivity index (χ3n) is 8.33. The lowest BCUT2D eigenvalue weighted by atomic mass is 9.63. The molecule has 2 unspecified atom stereocenters. The van der Waals surface area contributed by atoms with Gasteiger partial charge in [-0.3, -0.25) is 4.90 Å². The molecule has 0 saturated heterocycles. The van der Waals surface area contributed by atoms with Crippen LogP contribution < -0.4 is 0 Å². The molecule has 2 atom stereocenters. The van der Waals surface area contributed by atoms with Gasteiger partial charge in [0, 0.05) is 18.6 Å². The highest BCUT2D eigenvalue weighted by Gasteiger charge is 2.47. The zero-order chi connectivity index (χ0) is 28.8. The average Bonchev–Trinajstić information content (AvgIpc) is 2.89. The highest BCUT2D eigenvalue weighted by molar-refractivity contribution is 5.43. The Bertz CT molecular complexity index is 1100. The summed E-state index contributed by atoms with van der Waals surface area (Å²) in [6.07, 6.45) is -4.64. The van der Waals surface area contributed by atoms with Crippen molar-refractivity contribution < 1.29 is 26.3 Å². The maximum absolute atomic E-state index is 13.8. The van der Waals surface area contributed by atoms with Crippen molar-refractivity contribution in [2.75, 3.05) is 6.54 Å². The minimum Gasteiger partial charge on any atom is -0.298 e. The lowest BCUT2D eigenvalue weighted by Gasteiger charge is -2.40. The van der Waals surface area contributed by atoms with E-state index in [1.165, 1.54) is 5.56 Å². The number of benzene rings is 2. The molecule has 0 spiro atoms. The summed E-state index contributed by atoms with van der Waals surface area (Å²) in [6.45, 7) is 7.02. The van der Waals surface area contributed by atoms with Crippen LogP contribution in [0.15, 0.2) is 48.5 Å². The second-order valence-corrected chi connectivity index (χ2v) is 11.1. The molecule has 0 aromatic heterocycles. The van der Waals surface area contributed by atoms with E-state index in [2.05, 4.69) is 43.9 Å². The standard InChI is InChI=1S/C31H38F6N2/c1-22(2)39(19-17-24-10-6-4-7-11-24)23(3)16-18-29(21-38,25-12-8-5-9-13-25)26-14-15-27(30(32,33)34)28(20-26)31(35,36)37/h4,6-7,10-11,14-15,20,22-23,25H,5,8-9,12-13,16-19H2,1-3H3. The van der Waals surface area contributed by atoms with E-state index in [4.69, 9.17) is 0 Å². The molecule has 0 radical (unpaired) electrons. The van der Waals surface area contributed by atoms with Gasteiger partial charge in [0.1, 0.15) is 0 Å². The summed E-state index contributed by atoms with van der Waals surface area (Å²) >= 11 is 0. The average molecular weight is 553 g/mol. The van der Waals surface area contributed by atoms with Gasteiger partial charge in [-0.25, -0.2) is 0 Å². The van der Waals surface area contributed by atoms with Crippen molar-refractivity contribution in [1.82, 2.24) is 4.90 Å². The van der Waals surface area contributed by atoms with E-state index in [9.17, 15) is 31.6 Å². The Hall–Kier alpha value is -2.53. The van der Waals surface area contributed by atoms with Crippen molar-refractivity contribution >= 4 is 0 Å². The second kappa shape index (κ2) is 12.8. The van der Waals surface area contributed by atoms with Crippen LogP contribution in [0.5, 0.6) is 0 Å². The molecule has 2 aromatic rings. The van der Waals surface area contributed by atoms with Crippen LogP contribution in [0.3, 0.4) is 0 Å². The molecule has 8 heteroatoms. The van der Waals surface area contributed by atoms with Gasteiger partial charge in [-0.1, -0.05) is 55.7 Å². The van der Waals surface area contributed by atoms with Crippen LogP contribution in [-0.4, -0.2) is 23.5 Å². The maximum atomic E-state index is 13.8. The normalized spacial score (nSPS) is 17.7. The molecule has 214 valence electrons. The molecule has 39 heavy (non-hydrogen) atoms. The molecule has 3 rings (SSSR count). The summed E-state index contributed by atoms with van der Waals surface area (Å²) in [4.78, 5) is 2.32. The lowest BCUT2D eigenvalue weighted by molar-refractivity contribution is -0.162. The summed E-state index contributed by atoms with van der Waals surface area (Å²) < 4.78 is 82.0. The molecule has 1 fully saturated rings. The van der Waals surface area contributed by atoms with Gasteiger partial charge in [-0.2, -0.15) is 31.6 Å². The third kappa shape index (κ3) is 7.57. The topological polar surface area (TPSA) is 27.0 Å². The van der Waals surface area contributed by atoms with E-state index in [1.807, 2.05) is 18.2 Å². The van der Waals surface area contributed by atoms with Crippen LogP contribution in [0.2, 0.25) is 0 Å². The second-order valence-electron chi connectivity index (χ2n) is 11.1. The summed E-state index contributed by atoms with van der Waals surface area (Å²) in [5, 5.41) is 10.6. The number of hydrogen-bond donors (Lipinski definition) is 0. The van der Waals surface area contributed by atoms with E-state index < -0.39 is 28.9 Å². The minimum absolute atomic E-state index is 0.0292. The first kappa shape index (κ1) is 31.0. The molecular formula is C31H38F6N2. The highest BCUT2D eigenvalue weighted by atomic mass is 19.4. The molecule has 0 bridgehead atoms. The molecule has 0 aliphatic heterocycles. The first-order valence-corrected chi connectivity index (χ1v) is 13.8. The smallest absolute Gasteiger partial charge is 0.298 e. The first-order chi connectivity index (χ1) is 18.3. The first-order valence-electron chi connectivity index (χ1n) is 13.8. The van der Waals surface area contributed by atoms with Crippen molar-refractivity contribution in [2.45, 2.75) is 102 Å². The number of nitrogens with zero attached hydrogens (tertiary/aromatic N) is 2. The number of halogens is 6. The Labute approximate surface area is 228 Å². The number of hydrogen-bond acceptors (Lipinski definition) is 2. The van der Waals surface area contributed by atoms with Gasteiger partial charge < -0.3 is 0 Å². The van der Waals surface area contributed by atoms with Crippen molar-refractivity contribution in [3.63, 3.8) is 0 Å². The Kier molecular flexibility index (Phi) is 10.1. The summed E-state index contributed by atoms with van der Waals surface area (Å²) in [5.41, 5.74) is -3.48. The Balaban J connectivity index is 1.95. The fourth-order valence-electron chi connectivity index (χ4n) is 6.19. The van der Waals surface area contributed by atoms with Crippen LogP contribution >= 0.6 is 0 Å². The number of alkyl halides is 6. The van der Waals surface area contributed by atoms with Gasteiger partial charge in [0.15, 0.2) is 0 Å².